The van der Waals surface area contributed by atoms with E-state index in [0.29, 0.717) is 18.9 Å². The summed E-state index contributed by atoms with van der Waals surface area (Å²) in [4.78, 5) is 28.2. The third-order valence-corrected chi connectivity index (χ3v) is 11.2. The van der Waals surface area contributed by atoms with Gasteiger partial charge in [0.1, 0.15) is 0 Å². The number of carbonyl (C=O) groups is 2. The van der Waals surface area contributed by atoms with Crippen molar-refractivity contribution in [3.05, 3.63) is 23.8 Å². The van der Waals surface area contributed by atoms with Crippen LogP contribution in [0.4, 0.5) is 0 Å². The van der Waals surface area contributed by atoms with E-state index in [2.05, 4.69) is 13.8 Å². The number of ether oxygens (including phenoxy) is 2. The number of aliphatic hydroxyl groups excluding tert-OH is 1. The Hall–Kier alpha value is -1.34. The molecule has 9 atom stereocenters. The van der Waals surface area contributed by atoms with E-state index in [1.54, 1.807) is 12.2 Å². The van der Waals surface area contributed by atoms with Gasteiger partial charge in [0.05, 0.1) is 18.8 Å². The summed E-state index contributed by atoms with van der Waals surface area (Å²) in [6.45, 7) is 4.73. The molecule has 6 rings (SSSR count). The van der Waals surface area contributed by atoms with Gasteiger partial charge in [0, 0.05) is 22.7 Å². The highest BCUT2D eigenvalue weighted by Gasteiger charge is 2.76. The summed E-state index contributed by atoms with van der Waals surface area (Å²) in [6, 6.07) is 0. The molecule has 198 valence electrons. The number of allylic oxidation sites excluding steroid dienone is 4. The zero-order chi connectivity index (χ0) is 25.5. The van der Waals surface area contributed by atoms with Crippen LogP contribution in [0.1, 0.15) is 71.6 Å². The minimum Gasteiger partial charge on any atom is -0.393 e. The second-order valence-electron chi connectivity index (χ2n) is 13.4. The van der Waals surface area contributed by atoms with E-state index in [9.17, 15) is 14.7 Å². The smallest absolute Gasteiger partial charge is 0.181 e. The van der Waals surface area contributed by atoms with Gasteiger partial charge in [-0.3, -0.25) is 9.59 Å². The minimum atomic E-state index is -1.01. The Kier molecular flexibility index (Phi) is 5.96. The molecule has 6 heteroatoms. The quantitative estimate of drug-likeness (QED) is 0.631. The number of fused-ring (bicyclic) bond motifs is 7. The molecular formula is C30H43NO5. The average Bonchev–Trinajstić information content (AvgIpc) is 3.33. The lowest BCUT2D eigenvalue weighted by Crippen LogP contribution is -2.64. The van der Waals surface area contributed by atoms with Gasteiger partial charge in [-0.1, -0.05) is 44.8 Å². The van der Waals surface area contributed by atoms with Crippen molar-refractivity contribution in [2.75, 3.05) is 20.6 Å². The second kappa shape index (κ2) is 8.59. The van der Waals surface area contributed by atoms with Crippen molar-refractivity contribution in [2.45, 2.75) is 95.7 Å². The molecule has 5 fully saturated rings. The topological polar surface area (TPSA) is 76.1 Å². The fraction of sp³-hybridized carbons (Fsp3) is 0.800. The lowest BCUT2D eigenvalue weighted by atomic mass is 9.46. The first-order valence-electron chi connectivity index (χ1n) is 14.2. The second-order valence-corrected chi connectivity index (χ2v) is 13.4. The van der Waals surface area contributed by atoms with Crippen LogP contribution < -0.4 is 0 Å². The van der Waals surface area contributed by atoms with Crippen LogP contribution in [0.3, 0.4) is 0 Å². The minimum absolute atomic E-state index is 0.0360. The van der Waals surface area contributed by atoms with E-state index in [4.69, 9.17) is 9.47 Å². The Labute approximate surface area is 215 Å². The number of carbonyl (C=O) groups excluding carboxylic acids is 2. The van der Waals surface area contributed by atoms with Crippen molar-refractivity contribution >= 4 is 11.6 Å². The Morgan fingerprint density at radius 3 is 2.64 bits per heavy atom. The van der Waals surface area contributed by atoms with Crippen LogP contribution in [-0.4, -0.2) is 66.3 Å². The number of Topliss-reactive ketones (excluding diaryl/α,β-unsaturated/α-hetero) is 1. The monoisotopic (exact) mass is 497 g/mol. The standard InChI is InChI=1S/C30H43NO5/c1-28-13-12-20(32)14-19(28)10-11-21-22-15-25-30(24(34)17-31(3)4,29(22,2)16-23(33)26(21)28)36-27(35-25)18-8-6-5-7-9-18/h12-14,18,21-23,25-27,33H,5-11,15-17H2,1-4H3/t21-,22-,23-,25+,26+,27+,28-,29-,30+/m0/s1. The zero-order valence-corrected chi connectivity index (χ0v) is 22.4. The van der Waals surface area contributed by atoms with Gasteiger partial charge in [-0.25, -0.2) is 0 Å². The lowest BCUT2D eigenvalue weighted by molar-refractivity contribution is -0.208. The molecule has 6 aliphatic rings. The molecule has 1 N–H and O–H groups in total. The van der Waals surface area contributed by atoms with Gasteiger partial charge < -0.3 is 19.5 Å². The van der Waals surface area contributed by atoms with E-state index in [1.807, 2.05) is 25.1 Å². The largest absolute Gasteiger partial charge is 0.393 e. The average molecular weight is 498 g/mol. The van der Waals surface area contributed by atoms with Crippen molar-refractivity contribution in [1.82, 2.24) is 4.90 Å². The molecular weight excluding hydrogens is 454 g/mol. The molecule has 0 amide bonds. The maximum absolute atomic E-state index is 14.2. The summed E-state index contributed by atoms with van der Waals surface area (Å²) < 4.78 is 13.7. The molecule has 0 aromatic heterocycles. The van der Waals surface area contributed by atoms with Crippen molar-refractivity contribution in [2.24, 2.45) is 34.5 Å². The van der Waals surface area contributed by atoms with Crippen LogP contribution in [0.5, 0.6) is 0 Å². The molecule has 5 aliphatic carbocycles. The third-order valence-electron chi connectivity index (χ3n) is 11.2. The molecule has 1 aliphatic heterocycles. The van der Waals surface area contributed by atoms with Gasteiger partial charge in [0.2, 0.25) is 0 Å². The number of aliphatic hydroxyl groups is 1. The molecule has 1 heterocycles. The molecule has 0 unspecified atom stereocenters. The Bertz CT molecular complexity index is 997. The van der Waals surface area contributed by atoms with Crippen molar-refractivity contribution in [1.29, 1.82) is 0 Å². The maximum Gasteiger partial charge on any atom is 0.181 e. The molecule has 1 saturated heterocycles. The SMILES string of the molecule is CN(C)CC(=O)[C@@]12O[C@H](C3CCCCC3)O[C@@H]1C[C@H]1[C@@H]3CCC4=CC(=O)C=C[C@]4(C)[C@H]3[C@@H](O)C[C@@]12C. The van der Waals surface area contributed by atoms with Gasteiger partial charge in [-0.15, -0.1) is 0 Å². The van der Waals surface area contributed by atoms with Gasteiger partial charge in [0.15, 0.2) is 23.5 Å². The van der Waals surface area contributed by atoms with Crippen LogP contribution in [-0.2, 0) is 19.1 Å². The maximum atomic E-state index is 14.2. The summed E-state index contributed by atoms with van der Waals surface area (Å²) in [5.41, 5.74) is -0.658. The number of hydrogen-bond acceptors (Lipinski definition) is 6. The number of nitrogens with zero attached hydrogens (tertiary/aromatic N) is 1. The predicted octanol–water partition coefficient (Wildman–Crippen LogP) is 4.07. The van der Waals surface area contributed by atoms with E-state index < -0.39 is 17.1 Å². The number of hydrogen-bond donors (Lipinski definition) is 1. The highest BCUT2D eigenvalue weighted by molar-refractivity contribution is 6.01. The molecule has 6 nitrogen and oxygen atoms in total. The summed E-state index contributed by atoms with van der Waals surface area (Å²) in [6.07, 6.45) is 13.4. The van der Waals surface area contributed by atoms with E-state index >= 15 is 0 Å². The van der Waals surface area contributed by atoms with Crippen molar-refractivity contribution in [3.8, 4) is 0 Å². The Balaban J connectivity index is 1.38. The first-order chi connectivity index (χ1) is 17.1. The van der Waals surface area contributed by atoms with Crippen LogP contribution in [0, 0.1) is 34.5 Å². The Morgan fingerprint density at radius 1 is 1.17 bits per heavy atom. The van der Waals surface area contributed by atoms with E-state index in [-0.39, 0.29) is 47.1 Å². The zero-order valence-electron chi connectivity index (χ0n) is 22.4. The van der Waals surface area contributed by atoms with Gasteiger partial charge >= 0.3 is 0 Å². The summed E-state index contributed by atoms with van der Waals surface area (Å²) in [5, 5.41) is 11.8. The molecule has 0 bridgehead atoms. The van der Waals surface area contributed by atoms with Crippen LogP contribution in [0.2, 0.25) is 0 Å². The normalized spacial score (nSPS) is 48.3. The predicted molar refractivity (Wildman–Crippen MR) is 136 cm³/mol. The van der Waals surface area contributed by atoms with Crippen molar-refractivity contribution in [3.63, 3.8) is 0 Å². The molecule has 36 heavy (non-hydrogen) atoms. The van der Waals surface area contributed by atoms with Crippen LogP contribution in [0.15, 0.2) is 23.8 Å². The molecule has 0 aromatic rings. The van der Waals surface area contributed by atoms with Gasteiger partial charge in [0.25, 0.3) is 0 Å². The summed E-state index contributed by atoms with van der Waals surface area (Å²) >= 11 is 0. The summed E-state index contributed by atoms with van der Waals surface area (Å²) in [5.74, 6) is 1.04. The summed E-state index contributed by atoms with van der Waals surface area (Å²) in [7, 11) is 3.87. The van der Waals surface area contributed by atoms with Crippen LogP contribution in [0.25, 0.3) is 0 Å². The molecule has 4 saturated carbocycles. The third kappa shape index (κ3) is 3.36. The van der Waals surface area contributed by atoms with E-state index in [0.717, 1.165) is 37.7 Å². The first-order valence-corrected chi connectivity index (χ1v) is 14.2. The highest BCUT2D eigenvalue weighted by Crippen LogP contribution is 2.70. The van der Waals surface area contributed by atoms with Gasteiger partial charge in [-0.2, -0.15) is 0 Å². The van der Waals surface area contributed by atoms with Gasteiger partial charge in [-0.05, 0) is 76.6 Å². The molecule has 0 radical (unpaired) electrons. The number of rotatable bonds is 4. The lowest BCUT2D eigenvalue weighted by Gasteiger charge is -2.59. The number of ketones is 2. The molecule has 0 aromatic carbocycles. The highest BCUT2D eigenvalue weighted by atomic mass is 16.7. The number of likely N-dealkylation sites (N-methyl/N-ethyl adjacent to an activating group) is 1. The van der Waals surface area contributed by atoms with E-state index in [1.165, 1.54) is 19.3 Å². The fourth-order valence-corrected chi connectivity index (χ4v) is 9.62. The Morgan fingerprint density at radius 2 is 1.92 bits per heavy atom. The molecule has 0 spiro atoms. The first kappa shape index (κ1) is 25.0. The van der Waals surface area contributed by atoms with Crippen LogP contribution >= 0.6 is 0 Å². The fourth-order valence-electron chi connectivity index (χ4n) is 9.62. The van der Waals surface area contributed by atoms with Crippen molar-refractivity contribution < 1.29 is 24.2 Å².